The third-order valence-corrected chi connectivity index (χ3v) is 4.39. The number of hydrogen-bond donors (Lipinski definition) is 0. The zero-order valence-corrected chi connectivity index (χ0v) is 12.4. The van der Waals surface area contributed by atoms with Gasteiger partial charge < -0.3 is 0 Å². The van der Waals surface area contributed by atoms with E-state index in [-0.39, 0.29) is 5.78 Å². The fourth-order valence-electron chi connectivity index (χ4n) is 1.93. The predicted octanol–water partition coefficient (Wildman–Crippen LogP) is 4.48. The Labute approximate surface area is 123 Å². The van der Waals surface area contributed by atoms with E-state index in [0.29, 0.717) is 6.42 Å². The van der Waals surface area contributed by atoms with E-state index in [2.05, 4.69) is 20.9 Å². The Bertz CT molecular complexity index is 750. The summed E-state index contributed by atoms with van der Waals surface area (Å²) in [5.74, 6) is 0.102. The SMILES string of the molecule is O=C(Cc1ccc2ccccc2n1)c1csc(Br)c1. The first-order valence-corrected chi connectivity index (χ1v) is 7.51. The average molecular weight is 332 g/mol. The Morgan fingerprint density at radius 3 is 2.84 bits per heavy atom. The number of hydrogen-bond acceptors (Lipinski definition) is 3. The highest BCUT2D eigenvalue weighted by Crippen LogP contribution is 2.22. The van der Waals surface area contributed by atoms with Gasteiger partial charge in [0, 0.05) is 22.0 Å². The molecular weight excluding hydrogens is 322 g/mol. The number of Topliss-reactive ketones (excluding diaryl/α,β-unsaturated/α-hetero) is 1. The number of pyridine rings is 1. The highest BCUT2D eigenvalue weighted by atomic mass is 79.9. The third-order valence-electron chi connectivity index (χ3n) is 2.89. The van der Waals surface area contributed by atoms with E-state index in [1.54, 1.807) is 0 Å². The number of benzene rings is 1. The molecule has 0 bridgehead atoms. The smallest absolute Gasteiger partial charge is 0.169 e. The van der Waals surface area contributed by atoms with E-state index in [9.17, 15) is 4.79 Å². The van der Waals surface area contributed by atoms with Gasteiger partial charge in [0.1, 0.15) is 0 Å². The van der Waals surface area contributed by atoms with Crippen LogP contribution in [-0.2, 0) is 6.42 Å². The molecule has 0 amide bonds. The van der Waals surface area contributed by atoms with Crippen LogP contribution in [0.5, 0.6) is 0 Å². The van der Waals surface area contributed by atoms with Crippen molar-refractivity contribution in [3.8, 4) is 0 Å². The molecule has 0 aliphatic carbocycles. The van der Waals surface area contributed by atoms with Gasteiger partial charge in [-0.05, 0) is 34.1 Å². The van der Waals surface area contributed by atoms with Crippen LogP contribution < -0.4 is 0 Å². The zero-order chi connectivity index (χ0) is 13.2. The van der Waals surface area contributed by atoms with Gasteiger partial charge in [0.2, 0.25) is 0 Å². The van der Waals surface area contributed by atoms with Gasteiger partial charge >= 0.3 is 0 Å². The number of fused-ring (bicyclic) bond motifs is 1. The summed E-state index contributed by atoms with van der Waals surface area (Å²) in [6, 6.07) is 13.7. The van der Waals surface area contributed by atoms with Gasteiger partial charge in [-0.3, -0.25) is 9.78 Å². The Balaban J connectivity index is 1.87. The van der Waals surface area contributed by atoms with Crippen LogP contribution in [0, 0.1) is 0 Å². The summed E-state index contributed by atoms with van der Waals surface area (Å²) in [6.07, 6.45) is 0.341. The molecule has 0 saturated carbocycles. The lowest BCUT2D eigenvalue weighted by atomic mass is 10.1. The normalized spacial score (nSPS) is 10.8. The van der Waals surface area contributed by atoms with Crippen LogP contribution in [0.25, 0.3) is 10.9 Å². The molecule has 0 radical (unpaired) electrons. The Hall–Kier alpha value is -1.52. The van der Waals surface area contributed by atoms with Gasteiger partial charge in [-0.25, -0.2) is 0 Å². The molecule has 2 nitrogen and oxygen atoms in total. The van der Waals surface area contributed by atoms with Crippen molar-refractivity contribution in [1.82, 2.24) is 4.98 Å². The molecular formula is C15H10BrNOS. The Kier molecular flexibility index (Phi) is 3.44. The summed E-state index contributed by atoms with van der Waals surface area (Å²) in [6.45, 7) is 0. The second-order valence-corrected chi connectivity index (χ2v) is 6.53. The molecule has 1 aromatic carbocycles. The molecule has 2 aromatic heterocycles. The monoisotopic (exact) mass is 331 g/mol. The maximum Gasteiger partial charge on any atom is 0.169 e. The fraction of sp³-hybridized carbons (Fsp3) is 0.0667. The molecule has 3 aromatic rings. The molecule has 2 heterocycles. The lowest BCUT2D eigenvalue weighted by molar-refractivity contribution is 0.0992. The highest BCUT2D eigenvalue weighted by molar-refractivity contribution is 9.11. The van der Waals surface area contributed by atoms with E-state index in [0.717, 1.165) is 25.9 Å². The number of halogens is 1. The maximum absolute atomic E-state index is 12.1. The number of aromatic nitrogens is 1. The van der Waals surface area contributed by atoms with Crippen LogP contribution in [0.15, 0.2) is 51.6 Å². The van der Waals surface area contributed by atoms with Crippen LogP contribution in [0.3, 0.4) is 0 Å². The van der Waals surface area contributed by atoms with Gasteiger partial charge in [0.15, 0.2) is 5.78 Å². The molecule has 0 aliphatic rings. The highest BCUT2D eigenvalue weighted by Gasteiger charge is 2.10. The summed E-state index contributed by atoms with van der Waals surface area (Å²) in [5.41, 5.74) is 2.48. The molecule has 19 heavy (non-hydrogen) atoms. The van der Waals surface area contributed by atoms with E-state index in [4.69, 9.17) is 0 Å². The van der Waals surface area contributed by atoms with Gasteiger partial charge in [0.05, 0.1) is 15.7 Å². The number of nitrogens with zero attached hydrogens (tertiary/aromatic N) is 1. The van der Waals surface area contributed by atoms with E-state index >= 15 is 0 Å². The average Bonchev–Trinajstić information content (AvgIpc) is 2.85. The van der Waals surface area contributed by atoms with Gasteiger partial charge in [-0.1, -0.05) is 24.3 Å². The van der Waals surface area contributed by atoms with Crippen molar-refractivity contribution in [2.75, 3.05) is 0 Å². The van der Waals surface area contributed by atoms with Gasteiger partial charge in [0.25, 0.3) is 0 Å². The van der Waals surface area contributed by atoms with Crippen LogP contribution in [0.1, 0.15) is 16.1 Å². The molecule has 3 rings (SSSR count). The third kappa shape index (κ3) is 2.74. The fourth-order valence-corrected chi connectivity index (χ4v) is 3.09. The number of rotatable bonds is 3. The lowest BCUT2D eigenvalue weighted by Gasteiger charge is -2.01. The summed E-state index contributed by atoms with van der Waals surface area (Å²) in [7, 11) is 0. The number of carbonyl (C=O) groups excluding carboxylic acids is 1. The quantitative estimate of drug-likeness (QED) is 0.662. The molecule has 0 saturated heterocycles. The number of ketones is 1. The molecule has 0 N–H and O–H groups in total. The molecule has 0 atom stereocenters. The summed E-state index contributed by atoms with van der Waals surface area (Å²) < 4.78 is 0.974. The van der Waals surface area contributed by atoms with E-state index in [1.165, 1.54) is 11.3 Å². The van der Waals surface area contributed by atoms with E-state index < -0.39 is 0 Å². The summed E-state index contributed by atoms with van der Waals surface area (Å²) in [5, 5.41) is 2.96. The standard InChI is InChI=1S/C15H10BrNOS/c16-15-7-11(9-19-15)14(18)8-12-6-5-10-3-1-2-4-13(10)17-12/h1-7,9H,8H2. The van der Waals surface area contributed by atoms with Gasteiger partial charge in [-0.15, -0.1) is 11.3 Å². The summed E-state index contributed by atoms with van der Waals surface area (Å²) in [4.78, 5) is 16.6. The van der Waals surface area contributed by atoms with Crippen LogP contribution >= 0.6 is 27.3 Å². The van der Waals surface area contributed by atoms with Crippen molar-refractivity contribution in [2.24, 2.45) is 0 Å². The predicted molar refractivity (Wildman–Crippen MR) is 81.8 cm³/mol. The summed E-state index contributed by atoms with van der Waals surface area (Å²) >= 11 is 4.89. The topological polar surface area (TPSA) is 30.0 Å². The Morgan fingerprint density at radius 2 is 2.05 bits per heavy atom. The maximum atomic E-state index is 12.1. The van der Waals surface area contributed by atoms with Gasteiger partial charge in [-0.2, -0.15) is 0 Å². The minimum absolute atomic E-state index is 0.102. The first kappa shape index (κ1) is 12.5. The molecule has 0 aliphatic heterocycles. The van der Waals surface area contributed by atoms with Crippen molar-refractivity contribution >= 4 is 44.0 Å². The zero-order valence-electron chi connectivity index (χ0n) is 9.97. The van der Waals surface area contributed by atoms with E-state index in [1.807, 2.05) is 47.8 Å². The number of para-hydroxylation sites is 1. The second kappa shape index (κ2) is 5.23. The van der Waals surface area contributed by atoms with Crippen LogP contribution in [0.4, 0.5) is 0 Å². The van der Waals surface area contributed by atoms with Crippen LogP contribution in [0.2, 0.25) is 0 Å². The second-order valence-electron chi connectivity index (χ2n) is 4.23. The Morgan fingerprint density at radius 1 is 1.21 bits per heavy atom. The van der Waals surface area contributed by atoms with Crippen molar-refractivity contribution < 1.29 is 4.79 Å². The largest absolute Gasteiger partial charge is 0.294 e. The minimum Gasteiger partial charge on any atom is -0.294 e. The van der Waals surface area contributed by atoms with Crippen LogP contribution in [-0.4, -0.2) is 10.8 Å². The molecule has 0 fully saturated rings. The molecule has 0 unspecified atom stereocenters. The molecule has 0 spiro atoms. The first-order valence-electron chi connectivity index (χ1n) is 5.84. The number of carbonyl (C=O) groups is 1. The van der Waals surface area contributed by atoms with Crippen molar-refractivity contribution in [2.45, 2.75) is 6.42 Å². The van der Waals surface area contributed by atoms with Crippen molar-refractivity contribution in [3.05, 3.63) is 62.9 Å². The lowest BCUT2D eigenvalue weighted by Crippen LogP contribution is -2.03. The minimum atomic E-state index is 0.102. The van der Waals surface area contributed by atoms with Crippen molar-refractivity contribution in [3.63, 3.8) is 0 Å². The molecule has 94 valence electrons. The van der Waals surface area contributed by atoms with Crippen molar-refractivity contribution in [1.29, 1.82) is 0 Å². The first-order chi connectivity index (χ1) is 9.22. The number of thiophene rings is 1. The molecule has 4 heteroatoms.